The summed E-state index contributed by atoms with van der Waals surface area (Å²) in [5.74, 6) is 1.54. The van der Waals surface area contributed by atoms with Gasteiger partial charge in [-0.05, 0) is 23.8 Å². The van der Waals surface area contributed by atoms with Crippen LogP contribution in [0.3, 0.4) is 0 Å². The molecule has 0 bridgehead atoms. The van der Waals surface area contributed by atoms with Crippen LogP contribution in [0.15, 0.2) is 47.5 Å². The summed E-state index contributed by atoms with van der Waals surface area (Å²) in [5.41, 5.74) is 1.78. The molecule has 4 nitrogen and oxygen atoms in total. The smallest absolute Gasteiger partial charge is 0.226 e. The van der Waals surface area contributed by atoms with E-state index in [9.17, 15) is 4.39 Å². The van der Waals surface area contributed by atoms with Crippen molar-refractivity contribution >= 4 is 0 Å². The number of hydrogen-bond donors (Lipinski definition) is 0. The normalized spacial score (nSPS) is 17.4. The molecule has 1 unspecified atom stereocenters. The van der Waals surface area contributed by atoms with Gasteiger partial charge in [0.05, 0.1) is 6.20 Å². The Labute approximate surface area is 114 Å². The van der Waals surface area contributed by atoms with Gasteiger partial charge in [0, 0.05) is 36.8 Å². The van der Waals surface area contributed by atoms with E-state index in [0.29, 0.717) is 5.89 Å². The maximum Gasteiger partial charge on any atom is 0.226 e. The van der Waals surface area contributed by atoms with Gasteiger partial charge in [-0.2, -0.15) is 0 Å². The first kappa shape index (κ1) is 11.4. The van der Waals surface area contributed by atoms with Crippen molar-refractivity contribution in [1.29, 1.82) is 0 Å². The number of nitrogens with zero attached hydrogens (tertiary/aromatic N) is 3. The molecule has 0 aliphatic carbocycles. The molecule has 1 aliphatic heterocycles. The summed E-state index contributed by atoms with van der Waals surface area (Å²) in [4.78, 5) is 8.49. The predicted molar refractivity (Wildman–Crippen MR) is 70.6 cm³/mol. The minimum Gasteiger partial charge on any atom is -0.445 e. The number of halogens is 1. The highest BCUT2D eigenvalue weighted by molar-refractivity contribution is 5.60. The predicted octanol–water partition coefficient (Wildman–Crippen LogP) is 3.02. The van der Waals surface area contributed by atoms with E-state index in [2.05, 4.69) is 14.5 Å². The number of hydrogen-bond acceptors (Lipinski definition) is 3. The van der Waals surface area contributed by atoms with E-state index >= 15 is 0 Å². The Morgan fingerprint density at radius 3 is 3.00 bits per heavy atom. The van der Waals surface area contributed by atoms with Gasteiger partial charge in [0.15, 0.2) is 0 Å². The Morgan fingerprint density at radius 1 is 1.25 bits per heavy atom. The second-order valence-corrected chi connectivity index (χ2v) is 4.97. The molecule has 1 aliphatic rings. The first-order chi connectivity index (χ1) is 9.81. The zero-order chi connectivity index (χ0) is 13.5. The lowest BCUT2D eigenvalue weighted by Crippen LogP contribution is -2.03. The molecular weight excluding hydrogens is 257 g/mol. The third-order valence-corrected chi connectivity index (χ3v) is 3.76. The zero-order valence-corrected chi connectivity index (χ0v) is 10.7. The van der Waals surface area contributed by atoms with E-state index in [4.69, 9.17) is 4.42 Å². The lowest BCUT2D eigenvalue weighted by molar-refractivity contribution is 0.568. The average molecular weight is 269 g/mol. The van der Waals surface area contributed by atoms with Crippen LogP contribution in [0.4, 0.5) is 4.39 Å². The van der Waals surface area contributed by atoms with Crippen molar-refractivity contribution in [2.45, 2.75) is 18.9 Å². The molecule has 0 fully saturated rings. The van der Waals surface area contributed by atoms with Gasteiger partial charge in [0.2, 0.25) is 5.89 Å². The maximum absolute atomic E-state index is 13.6. The monoisotopic (exact) mass is 269 g/mol. The van der Waals surface area contributed by atoms with E-state index < -0.39 is 0 Å². The molecule has 0 saturated carbocycles. The summed E-state index contributed by atoms with van der Waals surface area (Å²) in [6.45, 7) is 0.812. The molecule has 0 amide bonds. The van der Waals surface area contributed by atoms with Crippen molar-refractivity contribution in [3.05, 3.63) is 60.3 Å². The van der Waals surface area contributed by atoms with Crippen molar-refractivity contribution < 1.29 is 8.81 Å². The average Bonchev–Trinajstić information content (AvgIpc) is 3.15. The summed E-state index contributed by atoms with van der Waals surface area (Å²) in [6.07, 6.45) is 7.69. The molecule has 4 rings (SSSR count). The molecule has 20 heavy (non-hydrogen) atoms. The lowest BCUT2D eigenvalue weighted by atomic mass is 9.92. The fourth-order valence-corrected chi connectivity index (χ4v) is 2.85. The van der Waals surface area contributed by atoms with Crippen LogP contribution in [0, 0.1) is 5.82 Å². The molecule has 3 aromatic rings. The Balaban J connectivity index is 1.78. The molecule has 5 heteroatoms. The van der Waals surface area contributed by atoms with E-state index in [1.54, 1.807) is 24.5 Å². The van der Waals surface area contributed by atoms with Gasteiger partial charge in [-0.1, -0.05) is 0 Å². The fraction of sp³-hybridized carbons (Fsp3) is 0.200. The summed E-state index contributed by atoms with van der Waals surface area (Å²) in [5, 5.41) is 0. The van der Waals surface area contributed by atoms with Gasteiger partial charge in [-0.15, -0.1) is 0 Å². The summed E-state index contributed by atoms with van der Waals surface area (Å²) in [7, 11) is 0. The first-order valence-electron chi connectivity index (χ1n) is 6.50. The molecule has 0 spiro atoms. The van der Waals surface area contributed by atoms with Gasteiger partial charge >= 0.3 is 0 Å². The molecule has 0 saturated heterocycles. The minimum absolute atomic E-state index is 0.205. The number of rotatable bonds is 2. The first-order valence-corrected chi connectivity index (χ1v) is 6.50. The summed E-state index contributed by atoms with van der Waals surface area (Å²) in [6, 6.07) is 4.75. The number of benzene rings is 1. The van der Waals surface area contributed by atoms with Crippen molar-refractivity contribution in [3.63, 3.8) is 0 Å². The van der Waals surface area contributed by atoms with Crippen LogP contribution in [0.2, 0.25) is 0 Å². The molecule has 2 aromatic heterocycles. The van der Waals surface area contributed by atoms with Crippen molar-refractivity contribution in [2.75, 3.05) is 0 Å². The summed E-state index contributed by atoms with van der Waals surface area (Å²) >= 11 is 0. The van der Waals surface area contributed by atoms with Crippen molar-refractivity contribution in [1.82, 2.24) is 14.5 Å². The molecule has 1 aromatic carbocycles. The largest absolute Gasteiger partial charge is 0.445 e. The lowest BCUT2D eigenvalue weighted by Gasteiger charge is -2.13. The highest BCUT2D eigenvalue weighted by Crippen LogP contribution is 2.35. The van der Waals surface area contributed by atoms with Gasteiger partial charge in [0.1, 0.15) is 17.9 Å². The molecule has 0 radical (unpaired) electrons. The Bertz CT molecular complexity index is 728. The van der Waals surface area contributed by atoms with Crippen molar-refractivity contribution in [2.24, 2.45) is 0 Å². The third-order valence-electron chi connectivity index (χ3n) is 3.76. The molecule has 1 atom stereocenters. The standard InChI is InChI=1S/C15H12FN3O/c16-11-1-2-12(15-18-4-6-20-15)13(8-11)10-7-14-17-3-5-19(14)9-10/h1-6,8,10H,7,9H2. The van der Waals surface area contributed by atoms with Crippen LogP contribution in [0.5, 0.6) is 0 Å². The third kappa shape index (κ3) is 1.74. The minimum atomic E-state index is -0.236. The highest BCUT2D eigenvalue weighted by Gasteiger charge is 2.26. The maximum atomic E-state index is 13.6. The van der Waals surface area contributed by atoms with E-state index in [1.807, 2.05) is 6.20 Å². The van der Waals surface area contributed by atoms with E-state index in [-0.39, 0.29) is 11.7 Å². The molecular formula is C15H12FN3O. The van der Waals surface area contributed by atoms with Crippen LogP contribution >= 0.6 is 0 Å². The van der Waals surface area contributed by atoms with Crippen LogP contribution in [-0.2, 0) is 13.0 Å². The molecule has 100 valence electrons. The number of oxazole rings is 1. The van der Waals surface area contributed by atoms with Crippen LogP contribution in [-0.4, -0.2) is 14.5 Å². The van der Waals surface area contributed by atoms with Gasteiger partial charge in [0.25, 0.3) is 0 Å². The van der Waals surface area contributed by atoms with Gasteiger partial charge in [-0.3, -0.25) is 0 Å². The van der Waals surface area contributed by atoms with Gasteiger partial charge in [-0.25, -0.2) is 14.4 Å². The second-order valence-electron chi connectivity index (χ2n) is 4.97. The number of aromatic nitrogens is 3. The highest BCUT2D eigenvalue weighted by atomic mass is 19.1. The SMILES string of the molecule is Fc1ccc(-c2ncco2)c(C2Cc3nccn3C2)c1. The van der Waals surface area contributed by atoms with Crippen LogP contribution in [0.1, 0.15) is 17.3 Å². The van der Waals surface area contributed by atoms with Crippen molar-refractivity contribution in [3.8, 4) is 11.5 Å². The Hall–Kier alpha value is -2.43. The Kier molecular flexibility index (Phi) is 2.45. The summed E-state index contributed by atoms with van der Waals surface area (Å²) < 4.78 is 21.1. The molecule has 0 N–H and O–H groups in total. The fourth-order valence-electron chi connectivity index (χ4n) is 2.85. The Morgan fingerprint density at radius 2 is 2.20 bits per heavy atom. The number of imidazole rings is 1. The number of fused-ring (bicyclic) bond motifs is 1. The quantitative estimate of drug-likeness (QED) is 0.718. The van der Waals surface area contributed by atoms with Gasteiger partial charge < -0.3 is 8.98 Å². The zero-order valence-electron chi connectivity index (χ0n) is 10.7. The molecule has 3 heterocycles. The topological polar surface area (TPSA) is 43.9 Å². The van der Waals surface area contributed by atoms with Crippen LogP contribution in [0.25, 0.3) is 11.5 Å². The second kappa shape index (κ2) is 4.30. The van der Waals surface area contributed by atoms with Crippen LogP contribution < -0.4 is 0 Å². The van der Waals surface area contributed by atoms with E-state index in [0.717, 1.165) is 29.9 Å². The van der Waals surface area contributed by atoms with E-state index in [1.165, 1.54) is 12.3 Å².